The van der Waals surface area contributed by atoms with Gasteiger partial charge < -0.3 is 4.74 Å². The molecule has 0 unspecified atom stereocenters. The summed E-state index contributed by atoms with van der Waals surface area (Å²) in [7, 11) is 0. The Bertz CT molecular complexity index is 547. The summed E-state index contributed by atoms with van der Waals surface area (Å²) in [6.45, 7) is 4.15. The van der Waals surface area contributed by atoms with Crippen LogP contribution >= 0.6 is 0 Å². The Morgan fingerprint density at radius 2 is 1.85 bits per heavy atom. The fourth-order valence-electron chi connectivity index (χ4n) is 3.62. The minimum Gasteiger partial charge on any atom is -0.461 e. The van der Waals surface area contributed by atoms with Gasteiger partial charge in [-0.15, -0.1) is 0 Å². The van der Waals surface area contributed by atoms with Crippen LogP contribution in [0.15, 0.2) is 30.3 Å². The molecule has 3 heteroatoms. The van der Waals surface area contributed by atoms with Crippen LogP contribution in [-0.4, -0.2) is 17.9 Å². The Balaban J connectivity index is 1.95. The SMILES string of the molecule is CC1(C)CC(=O)[C@@]2(Cc3ccccc3)CC(=O)O[C@H]2C1. The van der Waals surface area contributed by atoms with Crippen molar-refractivity contribution in [2.45, 2.75) is 45.6 Å². The van der Waals surface area contributed by atoms with Crippen LogP contribution in [-0.2, 0) is 20.7 Å². The van der Waals surface area contributed by atoms with Crippen LogP contribution in [0.5, 0.6) is 0 Å². The molecule has 0 aromatic heterocycles. The van der Waals surface area contributed by atoms with E-state index in [-0.39, 0.29) is 29.7 Å². The zero-order valence-electron chi connectivity index (χ0n) is 12.0. The Hall–Kier alpha value is -1.64. The topological polar surface area (TPSA) is 43.4 Å². The molecule has 0 radical (unpaired) electrons. The number of carbonyl (C=O) groups is 2. The third-order valence-corrected chi connectivity index (χ3v) is 4.64. The quantitative estimate of drug-likeness (QED) is 0.777. The van der Waals surface area contributed by atoms with Gasteiger partial charge in [-0.2, -0.15) is 0 Å². The second-order valence-electron chi connectivity index (χ2n) is 6.94. The van der Waals surface area contributed by atoms with Crippen molar-refractivity contribution in [2.24, 2.45) is 10.8 Å². The van der Waals surface area contributed by atoms with Gasteiger partial charge in [0.1, 0.15) is 11.9 Å². The van der Waals surface area contributed by atoms with Crippen LogP contribution in [0.2, 0.25) is 0 Å². The van der Waals surface area contributed by atoms with E-state index in [0.717, 1.165) is 12.0 Å². The van der Waals surface area contributed by atoms with Gasteiger partial charge in [0, 0.05) is 6.42 Å². The minimum absolute atomic E-state index is 0.0768. The van der Waals surface area contributed by atoms with Crippen LogP contribution in [0.4, 0.5) is 0 Å². The van der Waals surface area contributed by atoms with Crippen LogP contribution in [0.3, 0.4) is 0 Å². The number of fused-ring (bicyclic) bond motifs is 1. The van der Waals surface area contributed by atoms with Crippen molar-refractivity contribution in [3.8, 4) is 0 Å². The van der Waals surface area contributed by atoms with E-state index in [4.69, 9.17) is 4.74 Å². The van der Waals surface area contributed by atoms with E-state index in [1.165, 1.54) is 0 Å². The van der Waals surface area contributed by atoms with E-state index in [1.54, 1.807) is 0 Å². The maximum atomic E-state index is 12.7. The molecule has 2 aliphatic rings. The molecule has 1 saturated heterocycles. The summed E-state index contributed by atoms with van der Waals surface area (Å²) < 4.78 is 5.49. The highest BCUT2D eigenvalue weighted by Gasteiger charge is 2.58. The van der Waals surface area contributed by atoms with Crippen molar-refractivity contribution in [2.75, 3.05) is 0 Å². The second kappa shape index (κ2) is 4.44. The summed E-state index contributed by atoms with van der Waals surface area (Å²) in [4.78, 5) is 24.5. The first-order chi connectivity index (χ1) is 9.41. The molecule has 106 valence electrons. The average Bonchev–Trinajstić information content (AvgIpc) is 2.66. The van der Waals surface area contributed by atoms with E-state index in [2.05, 4.69) is 13.8 Å². The lowest BCUT2D eigenvalue weighted by molar-refractivity contribution is -0.147. The van der Waals surface area contributed by atoms with Gasteiger partial charge >= 0.3 is 5.97 Å². The van der Waals surface area contributed by atoms with Crippen molar-refractivity contribution < 1.29 is 14.3 Å². The summed E-state index contributed by atoms with van der Waals surface area (Å²) >= 11 is 0. The lowest BCUT2D eigenvalue weighted by Crippen LogP contribution is -2.49. The van der Waals surface area contributed by atoms with Gasteiger partial charge in [-0.3, -0.25) is 9.59 Å². The number of rotatable bonds is 2. The van der Waals surface area contributed by atoms with Gasteiger partial charge in [0.25, 0.3) is 0 Å². The summed E-state index contributed by atoms with van der Waals surface area (Å²) in [6.07, 6.45) is 1.90. The Morgan fingerprint density at radius 3 is 2.55 bits per heavy atom. The smallest absolute Gasteiger partial charge is 0.307 e. The van der Waals surface area contributed by atoms with Gasteiger partial charge in [-0.05, 0) is 23.8 Å². The Kier molecular flexibility index (Phi) is 2.96. The third kappa shape index (κ3) is 2.15. The predicted octanol–water partition coefficient (Wildman–Crippen LogP) is 2.92. The molecule has 1 saturated carbocycles. The molecule has 2 atom stereocenters. The molecule has 3 nitrogen and oxygen atoms in total. The molecule has 1 aliphatic heterocycles. The van der Waals surface area contributed by atoms with Crippen molar-refractivity contribution in [3.05, 3.63) is 35.9 Å². The first kappa shape index (κ1) is 13.3. The minimum atomic E-state index is -0.631. The van der Waals surface area contributed by atoms with Gasteiger partial charge in [0.05, 0.1) is 11.8 Å². The lowest BCUT2D eigenvalue weighted by Gasteiger charge is -2.42. The standard InChI is InChI=1S/C17H20O3/c1-16(2)9-13(18)17(8-12-6-4-3-5-7-12)11-15(19)20-14(17)10-16/h3-7,14H,8-11H2,1-2H3/t14-,17+/m0/s1. The molecule has 2 fully saturated rings. The molecule has 0 bridgehead atoms. The summed E-state index contributed by atoms with van der Waals surface area (Å²) in [5.41, 5.74) is 0.393. The number of ether oxygens (including phenoxy) is 1. The molecule has 20 heavy (non-hydrogen) atoms. The van der Waals surface area contributed by atoms with Crippen LogP contribution in [0, 0.1) is 10.8 Å². The van der Waals surface area contributed by atoms with E-state index in [1.807, 2.05) is 30.3 Å². The first-order valence-corrected chi connectivity index (χ1v) is 7.18. The summed E-state index contributed by atoms with van der Waals surface area (Å²) in [5, 5.41) is 0. The lowest BCUT2D eigenvalue weighted by atomic mass is 9.60. The summed E-state index contributed by atoms with van der Waals surface area (Å²) in [5.74, 6) is -0.0366. The van der Waals surface area contributed by atoms with Crippen molar-refractivity contribution >= 4 is 11.8 Å². The number of hydrogen-bond acceptors (Lipinski definition) is 3. The largest absolute Gasteiger partial charge is 0.461 e. The molecule has 1 aliphatic carbocycles. The number of esters is 1. The number of Topliss-reactive ketones (excluding diaryl/α,β-unsaturated/α-hetero) is 1. The van der Waals surface area contributed by atoms with E-state index in [9.17, 15) is 9.59 Å². The number of carbonyl (C=O) groups excluding carboxylic acids is 2. The Labute approximate surface area is 119 Å². The van der Waals surface area contributed by atoms with Crippen LogP contribution < -0.4 is 0 Å². The Morgan fingerprint density at radius 1 is 1.15 bits per heavy atom. The van der Waals surface area contributed by atoms with Crippen molar-refractivity contribution in [1.29, 1.82) is 0 Å². The highest BCUT2D eigenvalue weighted by Crippen LogP contribution is 2.51. The number of hydrogen-bond donors (Lipinski definition) is 0. The molecule has 3 rings (SSSR count). The zero-order chi connectivity index (χ0) is 14.4. The molecule has 0 spiro atoms. The molecular formula is C17H20O3. The van der Waals surface area contributed by atoms with E-state index >= 15 is 0 Å². The normalized spacial score (nSPS) is 31.8. The molecule has 1 aromatic carbocycles. The molecule has 0 N–H and O–H groups in total. The fraction of sp³-hybridized carbons (Fsp3) is 0.529. The average molecular weight is 272 g/mol. The van der Waals surface area contributed by atoms with Gasteiger partial charge in [0.15, 0.2) is 0 Å². The molecule has 1 aromatic rings. The molecular weight excluding hydrogens is 252 g/mol. The number of ketones is 1. The predicted molar refractivity (Wildman–Crippen MR) is 75.1 cm³/mol. The van der Waals surface area contributed by atoms with Gasteiger partial charge in [0.2, 0.25) is 0 Å². The van der Waals surface area contributed by atoms with Crippen LogP contribution in [0.1, 0.15) is 38.7 Å². The first-order valence-electron chi connectivity index (χ1n) is 7.18. The highest BCUT2D eigenvalue weighted by atomic mass is 16.6. The highest BCUT2D eigenvalue weighted by molar-refractivity contribution is 5.93. The van der Waals surface area contributed by atoms with E-state index in [0.29, 0.717) is 12.8 Å². The van der Waals surface area contributed by atoms with Gasteiger partial charge in [-0.1, -0.05) is 44.2 Å². The third-order valence-electron chi connectivity index (χ3n) is 4.64. The van der Waals surface area contributed by atoms with Gasteiger partial charge in [-0.25, -0.2) is 0 Å². The number of benzene rings is 1. The van der Waals surface area contributed by atoms with Crippen molar-refractivity contribution in [1.82, 2.24) is 0 Å². The van der Waals surface area contributed by atoms with Crippen LogP contribution in [0.25, 0.3) is 0 Å². The van der Waals surface area contributed by atoms with Crippen molar-refractivity contribution in [3.63, 3.8) is 0 Å². The van der Waals surface area contributed by atoms with E-state index < -0.39 is 5.41 Å². The summed E-state index contributed by atoms with van der Waals surface area (Å²) in [6, 6.07) is 9.93. The maximum absolute atomic E-state index is 12.7. The maximum Gasteiger partial charge on any atom is 0.307 e. The second-order valence-corrected chi connectivity index (χ2v) is 6.94. The molecule has 0 amide bonds. The monoisotopic (exact) mass is 272 g/mol. The zero-order valence-corrected chi connectivity index (χ0v) is 12.0. The molecule has 1 heterocycles. The fourth-order valence-corrected chi connectivity index (χ4v) is 3.62.